The first kappa shape index (κ1) is 24.7. The molecule has 0 saturated carbocycles. The molecule has 2 aromatic carbocycles. The van der Waals surface area contributed by atoms with Gasteiger partial charge in [0.15, 0.2) is 0 Å². The second-order valence-corrected chi connectivity index (χ2v) is 7.98. The Morgan fingerprint density at radius 2 is 1.68 bits per heavy atom. The van der Waals surface area contributed by atoms with Crippen molar-refractivity contribution in [1.29, 1.82) is 0 Å². The maximum absolute atomic E-state index is 13.2. The number of carbonyl (C=O) groups is 3. The largest absolute Gasteiger partial charge is 0.497 e. The molecule has 0 saturated heterocycles. The highest BCUT2D eigenvalue weighted by Crippen LogP contribution is 2.36. The van der Waals surface area contributed by atoms with Crippen molar-refractivity contribution >= 4 is 39.8 Å². The number of amides is 2. The molecular formula is C24H23FN2O6S. The molecule has 3 aromatic rings. The van der Waals surface area contributed by atoms with Crippen molar-refractivity contribution in [2.75, 3.05) is 31.5 Å². The third kappa shape index (κ3) is 5.34. The molecular weight excluding hydrogens is 463 g/mol. The van der Waals surface area contributed by atoms with Gasteiger partial charge in [-0.2, -0.15) is 0 Å². The number of esters is 1. The van der Waals surface area contributed by atoms with Crippen molar-refractivity contribution in [3.05, 3.63) is 69.8 Å². The van der Waals surface area contributed by atoms with Crippen LogP contribution in [0.5, 0.6) is 11.5 Å². The number of ether oxygens (including phenoxy) is 3. The van der Waals surface area contributed by atoms with E-state index in [4.69, 9.17) is 14.2 Å². The fraction of sp³-hybridized carbons (Fsp3) is 0.208. The van der Waals surface area contributed by atoms with Crippen molar-refractivity contribution in [3.63, 3.8) is 0 Å². The molecule has 0 aliphatic heterocycles. The van der Waals surface area contributed by atoms with Crippen LogP contribution < -0.4 is 20.1 Å². The quantitative estimate of drug-likeness (QED) is 0.440. The molecule has 1 heterocycles. The molecule has 2 N–H and O–H groups in total. The zero-order chi connectivity index (χ0) is 24.8. The van der Waals surface area contributed by atoms with Crippen LogP contribution in [0.15, 0.2) is 42.5 Å². The summed E-state index contributed by atoms with van der Waals surface area (Å²) in [6.07, 6.45) is 0. The number of hydrogen-bond donors (Lipinski definition) is 2. The van der Waals surface area contributed by atoms with Crippen LogP contribution in [0.1, 0.15) is 42.9 Å². The highest BCUT2D eigenvalue weighted by atomic mass is 32.1. The van der Waals surface area contributed by atoms with E-state index < -0.39 is 23.6 Å². The number of nitrogens with one attached hydrogen (secondary N) is 2. The molecule has 1 aromatic heterocycles. The Bertz CT molecular complexity index is 1220. The highest BCUT2D eigenvalue weighted by Gasteiger charge is 2.27. The molecule has 3 rings (SSSR count). The van der Waals surface area contributed by atoms with Gasteiger partial charge in [0.25, 0.3) is 11.8 Å². The second kappa shape index (κ2) is 10.8. The minimum Gasteiger partial charge on any atom is -0.497 e. The van der Waals surface area contributed by atoms with Gasteiger partial charge < -0.3 is 24.8 Å². The first-order chi connectivity index (χ1) is 16.3. The molecule has 0 unspecified atom stereocenters. The van der Waals surface area contributed by atoms with Crippen LogP contribution in [0.3, 0.4) is 0 Å². The number of rotatable bonds is 8. The van der Waals surface area contributed by atoms with E-state index in [9.17, 15) is 18.8 Å². The summed E-state index contributed by atoms with van der Waals surface area (Å²) >= 11 is 0.926. The van der Waals surface area contributed by atoms with E-state index in [0.717, 1.165) is 23.5 Å². The topological polar surface area (TPSA) is 103 Å². The second-order valence-electron chi connectivity index (χ2n) is 6.96. The standard InChI is InChI=1S/C24H23FN2O6S/c1-5-33-24(30)19-13(2)20(22(29)26-17-12-16(31-3)10-11-18(17)32-4)34-23(19)27-21(28)14-6-8-15(25)9-7-14/h6-12H,5H2,1-4H3,(H,26,29)(H,27,28). The Hall–Kier alpha value is -3.92. The summed E-state index contributed by atoms with van der Waals surface area (Å²) in [6.45, 7) is 3.36. The van der Waals surface area contributed by atoms with Crippen molar-refractivity contribution in [2.24, 2.45) is 0 Å². The average molecular weight is 487 g/mol. The van der Waals surface area contributed by atoms with Crippen molar-refractivity contribution in [3.8, 4) is 11.5 Å². The van der Waals surface area contributed by atoms with E-state index in [-0.39, 0.29) is 27.6 Å². The van der Waals surface area contributed by atoms with Crippen molar-refractivity contribution < 1.29 is 33.0 Å². The monoisotopic (exact) mass is 486 g/mol. The van der Waals surface area contributed by atoms with Gasteiger partial charge in [0.05, 0.1) is 37.0 Å². The smallest absolute Gasteiger partial charge is 0.341 e. The number of thiophene rings is 1. The van der Waals surface area contributed by atoms with E-state index in [1.807, 2.05) is 0 Å². The fourth-order valence-corrected chi connectivity index (χ4v) is 4.22. The van der Waals surface area contributed by atoms with Gasteiger partial charge in [-0.15, -0.1) is 11.3 Å². The van der Waals surface area contributed by atoms with Gasteiger partial charge in [0.1, 0.15) is 22.3 Å². The number of hydrogen-bond acceptors (Lipinski definition) is 7. The van der Waals surface area contributed by atoms with Gasteiger partial charge in [-0.3, -0.25) is 9.59 Å². The first-order valence-corrected chi connectivity index (χ1v) is 11.0. The third-order valence-corrected chi connectivity index (χ3v) is 6.03. The summed E-state index contributed by atoms with van der Waals surface area (Å²) in [5.41, 5.74) is 0.978. The number of carbonyl (C=O) groups excluding carboxylic acids is 3. The predicted octanol–water partition coefficient (Wildman–Crippen LogP) is 4.89. The summed E-state index contributed by atoms with van der Waals surface area (Å²) in [6, 6.07) is 9.88. The van der Waals surface area contributed by atoms with E-state index in [1.54, 1.807) is 32.0 Å². The summed E-state index contributed by atoms with van der Waals surface area (Å²) in [4.78, 5) is 38.7. The number of benzene rings is 2. The normalized spacial score (nSPS) is 10.4. The lowest BCUT2D eigenvalue weighted by Crippen LogP contribution is -2.15. The van der Waals surface area contributed by atoms with E-state index in [1.165, 1.54) is 26.4 Å². The lowest BCUT2D eigenvalue weighted by atomic mass is 10.1. The molecule has 0 fully saturated rings. The van der Waals surface area contributed by atoms with E-state index in [0.29, 0.717) is 22.7 Å². The molecule has 0 aliphatic carbocycles. The van der Waals surface area contributed by atoms with Crippen LogP contribution in [-0.2, 0) is 4.74 Å². The lowest BCUT2D eigenvalue weighted by molar-refractivity contribution is 0.0527. The molecule has 8 nitrogen and oxygen atoms in total. The van der Waals surface area contributed by atoms with Gasteiger partial charge in [-0.05, 0) is 55.8 Å². The van der Waals surface area contributed by atoms with Gasteiger partial charge in [-0.1, -0.05) is 0 Å². The zero-order valence-corrected chi connectivity index (χ0v) is 19.8. The van der Waals surface area contributed by atoms with Crippen molar-refractivity contribution in [2.45, 2.75) is 13.8 Å². The van der Waals surface area contributed by atoms with Crippen LogP contribution in [-0.4, -0.2) is 38.6 Å². The summed E-state index contributed by atoms with van der Waals surface area (Å²) in [5.74, 6) is -1.31. The Morgan fingerprint density at radius 1 is 0.971 bits per heavy atom. The molecule has 0 radical (unpaired) electrons. The zero-order valence-electron chi connectivity index (χ0n) is 19.0. The van der Waals surface area contributed by atoms with Crippen molar-refractivity contribution in [1.82, 2.24) is 0 Å². The SMILES string of the molecule is CCOC(=O)c1c(NC(=O)c2ccc(F)cc2)sc(C(=O)Nc2cc(OC)ccc2OC)c1C. The fourth-order valence-electron chi connectivity index (χ4n) is 3.13. The van der Waals surface area contributed by atoms with Crippen LogP contribution in [0, 0.1) is 12.7 Å². The maximum atomic E-state index is 13.2. The molecule has 2 amide bonds. The van der Waals surface area contributed by atoms with Crippen LogP contribution in [0.25, 0.3) is 0 Å². The minimum absolute atomic E-state index is 0.0741. The molecule has 0 atom stereocenters. The highest BCUT2D eigenvalue weighted by molar-refractivity contribution is 7.19. The van der Waals surface area contributed by atoms with Crippen LogP contribution >= 0.6 is 11.3 Å². The molecule has 0 aliphatic rings. The summed E-state index contributed by atoms with van der Waals surface area (Å²) in [5, 5.41) is 5.54. The number of methoxy groups -OCH3 is 2. The number of halogens is 1. The molecule has 34 heavy (non-hydrogen) atoms. The maximum Gasteiger partial charge on any atom is 0.341 e. The van der Waals surface area contributed by atoms with E-state index in [2.05, 4.69) is 10.6 Å². The number of anilines is 2. The Labute approximate surface area is 199 Å². The van der Waals surface area contributed by atoms with Gasteiger partial charge in [0.2, 0.25) is 0 Å². The molecule has 10 heteroatoms. The predicted molar refractivity (Wildman–Crippen MR) is 127 cm³/mol. The summed E-state index contributed by atoms with van der Waals surface area (Å²) < 4.78 is 28.8. The van der Waals surface area contributed by atoms with Gasteiger partial charge in [0, 0.05) is 11.6 Å². The molecule has 178 valence electrons. The van der Waals surface area contributed by atoms with Crippen LogP contribution in [0.2, 0.25) is 0 Å². The molecule has 0 spiro atoms. The van der Waals surface area contributed by atoms with E-state index >= 15 is 0 Å². The minimum atomic E-state index is -0.677. The van der Waals surface area contributed by atoms with Gasteiger partial charge >= 0.3 is 5.97 Å². The Kier molecular flexibility index (Phi) is 7.85. The van der Waals surface area contributed by atoms with Gasteiger partial charge in [-0.25, -0.2) is 9.18 Å². The summed E-state index contributed by atoms with van der Waals surface area (Å²) in [7, 11) is 2.97. The molecule has 0 bridgehead atoms. The Balaban J connectivity index is 1.97. The third-order valence-electron chi connectivity index (χ3n) is 4.82. The first-order valence-electron chi connectivity index (χ1n) is 10.2. The van der Waals surface area contributed by atoms with Crippen LogP contribution in [0.4, 0.5) is 15.1 Å². The average Bonchev–Trinajstić information content (AvgIpc) is 3.15. The lowest BCUT2D eigenvalue weighted by Gasteiger charge is -2.11. The Morgan fingerprint density at radius 3 is 2.29 bits per heavy atom.